The first-order valence-corrected chi connectivity index (χ1v) is 10.9. The molecule has 1 unspecified atom stereocenters. The van der Waals surface area contributed by atoms with Gasteiger partial charge in [0, 0.05) is 12.2 Å². The number of hydrogen-bond donors (Lipinski definition) is 0. The van der Waals surface area contributed by atoms with E-state index >= 15 is 0 Å². The minimum Gasteiger partial charge on any atom is -0.458 e. The zero-order chi connectivity index (χ0) is 25.3. The van der Waals surface area contributed by atoms with Crippen LogP contribution in [0, 0.1) is 0 Å². The lowest BCUT2D eigenvalue weighted by atomic mass is 10.2. The van der Waals surface area contributed by atoms with Crippen molar-refractivity contribution in [3.05, 3.63) is 131 Å². The summed E-state index contributed by atoms with van der Waals surface area (Å²) in [5.74, 6) is -3.27. The molecule has 1 atom stereocenters. The Kier molecular flexibility index (Phi) is 7.67. The fraction of sp³-hybridized carbons (Fsp3) is 0.0714. The van der Waals surface area contributed by atoms with E-state index in [9.17, 15) is 19.2 Å². The average molecular weight is 484 g/mol. The molecule has 1 aliphatic heterocycles. The molecule has 0 amide bonds. The van der Waals surface area contributed by atoms with Gasteiger partial charge in [-0.05, 0) is 36.4 Å². The van der Waals surface area contributed by atoms with Crippen LogP contribution in [0.2, 0.25) is 0 Å². The third kappa shape index (κ3) is 6.32. The quantitative estimate of drug-likeness (QED) is 0.345. The maximum absolute atomic E-state index is 12.6. The second kappa shape index (κ2) is 11.4. The lowest BCUT2D eigenvalue weighted by Gasteiger charge is -2.15. The van der Waals surface area contributed by atoms with Crippen molar-refractivity contribution in [3.63, 3.8) is 0 Å². The molecule has 0 spiro atoms. The van der Waals surface area contributed by atoms with Crippen molar-refractivity contribution in [2.45, 2.75) is 6.10 Å². The molecule has 0 saturated heterocycles. The van der Waals surface area contributed by atoms with Gasteiger partial charge in [-0.25, -0.2) is 19.2 Å². The van der Waals surface area contributed by atoms with Crippen molar-refractivity contribution in [1.82, 2.24) is 0 Å². The number of carbonyl (C=O) groups excluding carboxylic acids is 4. The van der Waals surface area contributed by atoms with Crippen molar-refractivity contribution in [2.24, 2.45) is 0 Å². The number of hydrogen-bond acceptors (Lipinski definition) is 8. The van der Waals surface area contributed by atoms with E-state index in [-0.39, 0.29) is 29.3 Å². The van der Waals surface area contributed by atoms with Crippen molar-refractivity contribution in [3.8, 4) is 0 Å². The van der Waals surface area contributed by atoms with Crippen LogP contribution in [0.1, 0.15) is 31.1 Å². The summed E-state index contributed by atoms with van der Waals surface area (Å²) < 4.78 is 21.1. The van der Waals surface area contributed by atoms with Gasteiger partial charge in [0.05, 0.1) is 16.7 Å². The molecule has 180 valence electrons. The molecule has 0 saturated carbocycles. The summed E-state index contributed by atoms with van der Waals surface area (Å²) in [4.78, 5) is 49.5. The number of rotatable bonds is 8. The average Bonchev–Trinajstić information content (AvgIpc) is 3.26. The second-order valence-corrected chi connectivity index (χ2v) is 7.50. The molecule has 0 aliphatic carbocycles. The van der Waals surface area contributed by atoms with Crippen LogP contribution in [0.15, 0.2) is 115 Å². The van der Waals surface area contributed by atoms with Gasteiger partial charge < -0.3 is 18.9 Å². The summed E-state index contributed by atoms with van der Waals surface area (Å²) in [5.41, 5.74) is 0.860. The van der Waals surface area contributed by atoms with Gasteiger partial charge in [0.1, 0.15) is 12.4 Å². The lowest BCUT2D eigenvalue weighted by molar-refractivity contribution is -0.136. The molecule has 0 N–H and O–H groups in total. The van der Waals surface area contributed by atoms with Gasteiger partial charge in [-0.15, -0.1) is 0 Å². The molecule has 3 aromatic rings. The van der Waals surface area contributed by atoms with Crippen LogP contribution in [-0.4, -0.2) is 36.6 Å². The van der Waals surface area contributed by atoms with Gasteiger partial charge >= 0.3 is 23.9 Å². The van der Waals surface area contributed by atoms with Crippen LogP contribution in [0.5, 0.6) is 0 Å². The highest BCUT2D eigenvalue weighted by atomic mass is 16.6. The Morgan fingerprint density at radius 2 is 1.22 bits per heavy atom. The molecule has 36 heavy (non-hydrogen) atoms. The Morgan fingerprint density at radius 3 is 1.78 bits per heavy atom. The van der Waals surface area contributed by atoms with Gasteiger partial charge in [-0.2, -0.15) is 0 Å². The normalized spacial score (nSPS) is 14.4. The first kappa shape index (κ1) is 24.2. The topological polar surface area (TPSA) is 105 Å². The predicted octanol–water partition coefficient (Wildman–Crippen LogP) is 4.25. The highest BCUT2D eigenvalue weighted by molar-refractivity contribution is 5.97. The summed E-state index contributed by atoms with van der Waals surface area (Å²) >= 11 is 0. The van der Waals surface area contributed by atoms with Crippen LogP contribution >= 0.6 is 0 Å². The zero-order valence-electron chi connectivity index (χ0n) is 18.9. The summed E-state index contributed by atoms with van der Waals surface area (Å²) in [7, 11) is 0. The molecule has 1 heterocycles. The molecule has 0 radical (unpaired) electrons. The first-order chi connectivity index (χ1) is 17.5. The second-order valence-electron chi connectivity index (χ2n) is 7.50. The number of ether oxygens (including phenoxy) is 4. The lowest BCUT2D eigenvalue weighted by Crippen LogP contribution is -2.24. The molecule has 0 aromatic heterocycles. The third-order valence-electron chi connectivity index (χ3n) is 4.90. The number of esters is 4. The monoisotopic (exact) mass is 484 g/mol. The minimum atomic E-state index is -1.10. The van der Waals surface area contributed by atoms with Gasteiger partial charge in [0.2, 0.25) is 5.76 Å². The van der Waals surface area contributed by atoms with Crippen molar-refractivity contribution in [1.29, 1.82) is 0 Å². The standard InChI is InChI=1S/C28H20O8/c29-25(19-10-4-1-5-11-19)33-18-23(35-26(30)20-12-6-2-7-13-20)16-22-17-24(28(32)34-22)36-27(31)21-14-8-3-9-15-21/h1-17,23H,18H2/b22-16+. The van der Waals surface area contributed by atoms with Crippen molar-refractivity contribution in [2.75, 3.05) is 6.61 Å². The Bertz CT molecular complexity index is 1310. The van der Waals surface area contributed by atoms with E-state index in [0.29, 0.717) is 5.56 Å². The van der Waals surface area contributed by atoms with Gasteiger partial charge in [-0.1, -0.05) is 54.6 Å². The van der Waals surface area contributed by atoms with Gasteiger partial charge in [0.15, 0.2) is 6.10 Å². The number of allylic oxidation sites excluding steroid dienone is 1. The smallest absolute Gasteiger partial charge is 0.379 e. The van der Waals surface area contributed by atoms with E-state index in [2.05, 4.69) is 0 Å². The SMILES string of the molecule is O=C1O/C(=C/C(COC(=O)c2ccccc2)OC(=O)c2ccccc2)C=C1OC(=O)c1ccccc1. The number of carbonyl (C=O) groups is 4. The van der Waals surface area contributed by atoms with E-state index in [4.69, 9.17) is 18.9 Å². The number of cyclic esters (lactones) is 1. The van der Waals surface area contributed by atoms with Crippen LogP contribution < -0.4 is 0 Å². The van der Waals surface area contributed by atoms with E-state index in [1.807, 2.05) is 0 Å². The number of benzene rings is 3. The van der Waals surface area contributed by atoms with Gasteiger partial charge in [-0.3, -0.25) is 0 Å². The van der Waals surface area contributed by atoms with Crippen molar-refractivity contribution < 1.29 is 38.1 Å². The van der Waals surface area contributed by atoms with Crippen LogP contribution in [-0.2, 0) is 23.7 Å². The summed E-state index contributed by atoms with van der Waals surface area (Å²) in [6, 6.07) is 24.7. The van der Waals surface area contributed by atoms with E-state index in [1.165, 1.54) is 12.2 Å². The maximum Gasteiger partial charge on any atom is 0.379 e. The van der Waals surface area contributed by atoms with Crippen LogP contribution in [0.3, 0.4) is 0 Å². The third-order valence-corrected chi connectivity index (χ3v) is 4.90. The Hall–Kier alpha value is -4.98. The molecule has 8 heteroatoms. The highest BCUT2D eigenvalue weighted by Crippen LogP contribution is 2.21. The Balaban J connectivity index is 1.50. The summed E-state index contributed by atoms with van der Waals surface area (Å²) in [6.45, 7) is -0.347. The molecule has 1 aliphatic rings. The van der Waals surface area contributed by atoms with E-state index < -0.39 is 30.0 Å². The minimum absolute atomic E-state index is 0.0301. The molecule has 8 nitrogen and oxygen atoms in total. The molecule has 4 rings (SSSR count). The molecule has 0 fully saturated rings. The zero-order valence-corrected chi connectivity index (χ0v) is 18.9. The largest absolute Gasteiger partial charge is 0.458 e. The Morgan fingerprint density at radius 1 is 0.722 bits per heavy atom. The molecule has 0 bridgehead atoms. The van der Waals surface area contributed by atoms with Crippen LogP contribution in [0.4, 0.5) is 0 Å². The maximum atomic E-state index is 12.6. The van der Waals surface area contributed by atoms with Crippen molar-refractivity contribution >= 4 is 23.9 Å². The fourth-order valence-corrected chi connectivity index (χ4v) is 3.16. The fourth-order valence-electron chi connectivity index (χ4n) is 3.16. The summed E-state index contributed by atoms with van der Waals surface area (Å²) in [5, 5.41) is 0. The van der Waals surface area contributed by atoms with Crippen LogP contribution in [0.25, 0.3) is 0 Å². The first-order valence-electron chi connectivity index (χ1n) is 10.9. The molecular weight excluding hydrogens is 464 g/mol. The van der Waals surface area contributed by atoms with E-state index in [0.717, 1.165) is 0 Å². The van der Waals surface area contributed by atoms with Gasteiger partial charge in [0.25, 0.3) is 0 Å². The molecule has 3 aromatic carbocycles. The summed E-state index contributed by atoms with van der Waals surface area (Å²) in [6.07, 6.45) is 1.39. The Labute approximate surface area is 206 Å². The van der Waals surface area contributed by atoms with E-state index in [1.54, 1.807) is 91.0 Å². The predicted molar refractivity (Wildman–Crippen MR) is 126 cm³/mol. The molecular formula is C28H20O8. The highest BCUT2D eigenvalue weighted by Gasteiger charge is 2.28.